The van der Waals surface area contributed by atoms with Crippen molar-refractivity contribution in [1.29, 1.82) is 0 Å². The van der Waals surface area contributed by atoms with Gasteiger partial charge in [0.05, 0.1) is 6.61 Å². The molecule has 9 heteroatoms. The zero-order chi connectivity index (χ0) is 19.5. The molecule has 5 atom stereocenters. The van der Waals surface area contributed by atoms with E-state index >= 15 is 0 Å². The Hall–Kier alpha value is -1.26. The van der Waals surface area contributed by atoms with Gasteiger partial charge in [0.2, 0.25) is 5.91 Å². The fourth-order valence-corrected chi connectivity index (χ4v) is 2.90. The first-order valence-corrected chi connectivity index (χ1v) is 9.09. The molecule has 152 valence electrons. The molecule has 0 bridgehead atoms. The van der Waals surface area contributed by atoms with Crippen LogP contribution in [0.4, 0.5) is 0 Å². The molecule has 0 radical (unpaired) electrons. The molecule has 0 aromatic rings. The number of hydrogen-bond acceptors (Lipinski definition) is 7. The predicted molar refractivity (Wildman–Crippen MR) is 91.3 cm³/mol. The van der Waals surface area contributed by atoms with Crippen LogP contribution in [0.15, 0.2) is 0 Å². The standard InChI is InChI=1S/C17H31NO8/c1-11(20)18-14-16(24)15(23)12(10-19)26-17(14)25-9-7-5-3-2-4-6-8-13(21)22/h12,14-17,19,23-24H,2-10H2,1H3,(H,18,20)(H,21,22)/t12-,14-,15+,16-,17-/m1/s1. The van der Waals surface area contributed by atoms with E-state index in [0.29, 0.717) is 13.0 Å². The predicted octanol–water partition coefficient (Wildman–Crippen LogP) is -0.238. The molecule has 0 spiro atoms. The Morgan fingerprint density at radius 2 is 1.65 bits per heavy atom. The number of hydrogen-bond donors (Lipinski definition) is 5. The van der Waals surface area contributed by atoms with Gasteiger partial charge in [0.25, 0.3) is 0 Å². The number of ether oxygens (including phenoxy) is 2. The van der Waals surface area contributed by atoms with Gasteiger partial charge in [0, 0.05) is 20.0 Å². The molecular weight excluding hydrogens is 346 g/mol. The summed E-state index contributed by atoms with van der Waals surface area (Å²) in [6.07, 6.45) is 0.781. The molecule has 26 heavy (non-hydrogen) atoms. The molecule has 1 aliphatic heterocycles. The lowest BCUT2D eigenvalue weighted by Crippen LogP contribution is -2.64. The van der Waals surface area contributed by atoms with Gasteiger partial charge >= 0.3 is 5.97 Å². The Kier molecular flexibility index (Phi) is 10.7. The van der Waals surface area contributed by atoms with Crippen LogP contribution in [0, 0.1) is 0 Å². The minimum atomic E-state index is -1.32. The lowest BCUT2D eigenvalue weighted by molar-refractivity contribution is -0.270. The van der Waals surface area contributed by atoms with Gasteiger partial charge in [-0.1, -0.05) is 25.7 Å². The van der Waals surface area contributed by atoms with Gasteiger partial charge in [-0.25, -0.2) is 0 Å². The van der Waals surface area contributed by atoms with Gasteiger partial charge in [-0.05, 0) is 12.8 Å². The number of aliphatic carboxylic acids is 1. The van der Waals surface area contributed by atoms with Gasteiger partial charge in [-0.2, -0.15) is 0 Å². The molecule has 0 unspecified atom stereocenters. The van der Waals surface area contributed by atoms with Crippen molar-refractivity contribution in [2.24, 2.45) is 0 Å². The Balaban J connectivity index is 2.31. The van der Waals surface area contributed by atoms with Gasteiger partial charge in [0.1, 0.15) is 24.4 Å². The Morgan fingerprint density at radius 3 is 2.23 bits per heavy atom. The van der Waals surface area contributed by atoms with Crippen molar-refractivity contribution in [3.63, 3.8) is 0 Å². The van der Waals surface area contributed by atoms with E-state index in [0.717, 1.165) is 32.1 Å². The third-order valence-electron chi connectivity index (χ3n) is 4.32. The average molecular weight is 377 g/mol. The summed E-state index contributed by atoms with van der Waals surface area (Å²) in [5.74, 6) is -1.16. The molecule has 0 saturated carbocycles. The number of carbonyl (C=O) groups is 2. The van der Waals surface area contributed by atoms with E-state index in [-0.39, 0.29) is 12.3 Å². The van der Waals surface area contributed by atoms with Crippen LogP contribution in [0.3, 0.4) is 0 Å². The molecule has 0 aliphatic carbocycles. The minimum absolute atomic E-state index is 0.201. The summed E-state index contributed by atoms with van der Waals surface area (Å²) < 4.78 is 11.1. The van der Waals surface area contributed by atoms with Gasteiger partial charge < -0.3 is 35.2 Å². The minimum Gasteiger partial charge on any atom is -0.481 e. The third-order valence-corrected chi connectivity index (χ3v) is 4.32. The summed E-state index contributed by atoms with van der Waals surface area (Å²) in [6, 6.07) is -0.915. The first-order chi connectivity index (χ1) is 12.4. The SMILES string of the molecule is CC(=O)N[C@H]1[C@H](OCCCCCCCCC(=O)O)O[C@H](CO)[C@H](O)[C@@H]1O. The zero-order valence-electron chi connectivity index (χ0n) is 15.2. The van der Waals surface area contributed by atoms with Crippen molar-refractivity contribution in [3.8, 4) is 0 Å². The zero-order valence-corrected chi connectivity index (χ0v) is 15.2. The molecule has 0 aromatic carbocycles. The largest absolute Gasteiger partial charge is 0.481 e. The number of carboxylic acids is 1. The fourth-order valence-electron chi connectivity index (χ4n) is 2.90. The monoisotopic (exact) mass is 377 g/mol. The molecule has 1 rings (SSSR count). The van der Waals surface area contributed by atoms with Gasteiger partial charge in [-0.3, -0.25) is 9.59 Å². The normalized spacial score (nSPS) is 28.7. The fraction of sp³-hybridized carbons (Fsp3) is 0.882. The molecule has 1 saturated heterocycles. The quantitative estimate of drug-likeness (QED) is 0.293. The highest BCUT2D eigenvalue weighted by Gasteiger charge is 2.45. The first kappa shape index (κ1) is 22.8. The number of nitrogens with one attached hydrogen (secondary N) is 1. The number of carboxylic acid groups (broad SMARTS) is 1. The maximum Gasteiger partial charge on any atom is 0.303 e. The summed E-state index contributed by atoms with van der Waals surface area (Å²) >= 11 is 0. The van der Waals surface area contributed by atoms with E-state index in [4.69, 9.17) is 14.6 Å². The van der Waals surface area contributed by atoms with E-state index < -0.39 is 43.2 Å². The smallest absolute Gasteiger partial charge is 0.303 e. The van der Waals surface area contributed by atoms with Crippen LogP contribution >= 0.6 is 0 Å². The molecule has 0 aromatic heterocycles. The molecule has 1 heterocycles. The molecule has 1 aliphatic rings. The third kappa shape index (κ3) is 7.96. The molecule has 1 amide bonds. The number of aliphatic hydroxyl groups excluding tert-OH is 3. The van der Waals surface area contributed by atoms with Crippen LogP contribution in [0.25, 0.3) is 0 Å². The lowest BCUT2D eigenvalue weighted by Gasteiger charge is -2.42. The summed E-state index contributed by atoms with van der Waals surface area (Å²) in [6.45, 7) is 1.16. The summed E-state index contributed by atoms with van der Waals surface area (Å²) in [4.78, 5) is 21.7. The van der Waals surface area contributed by atoms with E-state index in [1.165, 1.54) is 6.92 Å². The number of amides is 1. The summed E-state index contributed by atoms with van der Waals surface area (Å²) in [5, 5.41) is 40.4. The van der Waals surface area contributed by atoms with E-state index in [1.54, 1.807) is 0 Å². The Bertz CT molecular complexity index is 433. The average Bonchev–Trinajstić information content (AvgIpc) is 2.58. The van der Waals surface area contributed by atoms with Gasteiger partial charge in [0.15, 0.2) is 6.29 Å². The lowest BCUT2D eigenvalue weighted by atomic mass is 9.97. The second kappa shape index (κ2) is 12.2. The van der Waals surface area contributed by atoms with Crippen LogP contribution in [0.2, 0.25) is 0 Å². The molecular formula is C17H31NO8. The van der Waals surface area contributed by atoms with Crippen molar-refractivity contribution in [1.82, 2.24) is 5.32 Å². The van der Waals surface area contributed by atoms with Gasteiger partial charge in [-0.15, -0.1) is 0 Å². The maximum atomic E-state index is 11.3. The number of carbonyl (C=O) groups excluding carboxylic acids is 1. The van der Waals surface area contributed by atoms with E-state index in [2.05, 4.69) is 5.32 Å². The van der Waals surface area contributed by atoms with Crippen molar-refractivity contribution >= 4 is 11.9 Å². The van der Waals surface area contributed by atoms with E-state index in [1.807, 2.05) is 0 Å². The number of aliphatic hydroxyl groups is 3. The summed E-state index contributed by atoms with van der Waals surface area (Å²) in [7, 11) is 0. The highest BCUT2D eigenvalue weighted by atomic mass is 16.7. The second-order valence-corrected chi connectivity index (χ2v) is 6.57. The summed E-state index contributed by atoms with van der Waals surface area (Å²) in [5.41, 5.74) is 0. The highest BCUT2D eigenvalue weighted by Crippen LogP contribution is 2.22. The highest BCUT2D eigenvalue weighted by molar-refractivity contribution is 5.73. The number of rotatable bonds is 12. The Labute approximate surface area is 153 Å². The van der Waals surface area contributed by atoms with Crippen LogP contribution in [0.5, 0.6) is 0 Å². The number of unbranched alkanes of at least 4 members (excludes halogenated alkanes) is 5. The second-order valence-electron chi connectivity index (χ2n) is 6.57. The van der Waals surface area contributed by atoms with Crippen molar-refractivity contribution in [2.45, 2.75) is 82.5 Å². The van der Waals surface area contributed by atoms with Crippen LogP contribution in [-0.2, 0) is 19.1 Å². The van der Waals surface area contributed by atoms with Crippen molar-refractivity contribution in [3.05, 3.63) is 0 Å². The van der Waals surface area contributed by atoms with Crippen LogP contribution < -0.4 is 5.32 Å². The van der Waals surface area contributed by atoms with Crippen molar-refractivity contribution < 1.29 is 39.5 Å². The Morgan fingerprint density at radius 1 is 1.04 bits per heavy atom. The van der Waals surface area contributed by atoms with Crippen LogP contribution in [0.1, 0.15) is 51.9 Å². The topological polar surface area (TPSA) is 146 Å². The molecule has 1 fully saturated rings. The maximum absolute atomic E-state index is 11.3. The first-order valence-electron chi connectivity index (χ1n) is 9.09. The molecule has 5 N–H and O–H groups in total. The van der Waals surface area contributed by atoms with E-state index in [9.17, 15) is 24.9 Å². The van der Waals surface area contributed by atoms with Crippen LogP contribution in [-0.4, -0.2) is 76.2 Å². The van der Waals surface area contributed by atoms with Crippen molar-refractivity contribution in [2.75, 3.05) is 13.2 Å². The molecule has 9 nitrogen and oxygen atoms in total.